The molecule has 0 radical (unpaired) electrons. The number of ketones is 1. The van der Waals surface area contributed by atoms with Gasteiger partial charge in [0.2, 0.25) is 5.43 Å². The molecule has 2 aromatic rings. The van der Waals surface area contributed by atoms with Crippen molar-refractivity contribution in [1.29, 1.82) is 0 Å². The van der Waals surface area contributed by atoms with Crippen LogP contribution in [0, 0.1) is 0 Å². The maximum atomic E-state index is 13.1. The summed E-state index contributed by atoms with van der Waals surface area (Å²) >= 11 is 10.2. The number of hydrogen-bond donors (Lipinski definition) is 2. The van der Waals surface area contributed by atoms with E-state index in [2.05, 4.69) is 17.6 Å². The molecule has 0 bridgehead atoms. The molecule has 1 aromatic carbocycles. The maximum absolute atomic E-state index is 13.1. The van der Waals surface area contributed by atoms with Crippen LogP contribution in [-0.4, -0.2) is 23.3 Å². The van der Waals surface area contributed by atoms with Crippen LogP contribution >= 0.6 is 36.0 Å². The molecule has 0 aliphatic carbocycles. The first-order valence-corrected chi connectivity index (χ1v) is 8.63. The summed E-state index contributed by atoms with van der Waals surface area (Å²) in [6.07, 6.45) is -1.41. The molecule has 0 saturated carbocycles. The summed E-state index contributed by atoms with van der Waals surface area (Å²) in [6, 6.07) is 1.87. The van der Waals surface area contributed by atoms with E-state index in [1.54, 1.807) is 12.5 Å². The summed E-state index contributed by atoms with van der Waals surface area (Å²) in [5, 5.41) is -0.364. The number of aromatic amines is 1. The predicted molar refractivity (Wildman–Crippen MR) is 91.3 cm³/mol. The lowest BCUT2D eigenvalue weighted by atomic mass is 10.1. The molecule has 0 atom stereocenters. The zero-order chi connectivity index (χ0) is 17.9. The molecule has 1 aromatic heterocycles. The minimum Gasteiger partial charge on any atom is -0.348 e. The lowest BCUT2D eigenvalue weighted by Gasteiger charge is -2.13. The fourth-order valence-corrected chi connectivity index (χ4v) is 2.89. The van der Waals surface area contributed by atoms with Gasteiger partial charge in [-0.25, -0.2) is 0 Å². The average Bonchev–Trinajstić information content (AvgIpc) is 2.47. The number of pyridine rings is 1. The molecule has 3 nitrogen and oxygen atoms in total. The van der Waals surface area contributed by atoms with Crippen LogP contribution in [0.1, 0.15) is 22.8 Å². The number of benzene rings is 1. The number of rotatable bonds is 2. The maximum Gasteiger partial charge on any atom is 0.418 e. The lowest BCUT2D eigenvalue weighted by Crippen LogP contribution is -2.18. The van der Waals surface area contributed by atoms with Crippen molar-refractivity contribution in [2.24, 2.45) is 0 Å². The molecule has 0 aliphatic heterocycles. The van der Waals surface area contributed by atoms with E-state index in [0.29, 0.717) is 0 Å². The molecular formula is C14H13ClF3NO2S2. The van der Waals surface area contributed by atoms with Crippen molar-refractivity contribution < 1.29 is 18.0 Å². The number of Topliss-reactive ketones (excluding diaryl/α,β-unsaturated/α-hetero) is 1. The van der Waals surface area contributed by atoms with E-state index in [4.69, 9.17) is 11.6 Å². The molecular weight excluding hydrogens is 371 g/mol. The topological polar surface area (TPSA) is 49.9 Å². The Hall–Kier alpha value is -1.12. The van der Waals surface area contributed by atoms with Gasteiger partial charge in [0.1, 0.15) is 0 Å². The van der Waals surface area contributed by atoms with Crippen LogP contribution < -0.4 is 5.43 Å². The second-order valence-electron chi connectivity index (χ2n) is 4.29. The van der Waals surface area contributed by atoms with Crippen molar-refractivity contribution in [2.75, 3.05) is 12.5 Å². The third kappa shape index (κ3) is 4.05. The van der Waals surface area contributed by atoms with Crippen molar-refractivity contribution >= 4 is 52.7 Å². The Labute approximate surface area is 145 Å². The highest BCUT2D eigenvalue weighted by Gasteiger charge is 2.34. The summed E-state index contributed by atoms with van der Waals surface area (Å²) in [5.41, 5.74) is -2.32. The zero-order valence-electron chi connectivity index (χ0n) is 12.3. The van der Waals surface area contributed by atoms with Gasteiger partial charge in [-0.15, -0.1) is 11.8 Å². The number of nitrogens with one attached hydrogen (secondary N) is 1. The van der Waals surface area contributed by atoms with Crippen molar-refractivity contribution in [3.05, 3.63) is 38.5 Å². The van der Waals surface area contributed by atoms with Crippen molar-refractivity contribution in [1.82, 2.24) is 4.98 Å². The van der Waals surface area contributed by atoms with Gasteiger partial charge in [0.15, 0.2) is 5.78 Å². The van der Waals surface area contributed by atoms with Gasteiger partial charge in [-0.2, -0.15) is 25.8 Å². The molecule has 23 heavy (non-hydrogen) atoms. The Morgan fingerprint density at radius 3 is 2.30 bits per heavy atom. The zero-order valence-corrected chi connectivity index (χ0v) is 14.8. The normalized spacial score (nSPS) is 11.1. The second-order valence-corrected chi connectivity index (χ2v) is 5.55. The number of thiol groups is 1. The van der Waals surface area contributed by atoms with E-state index >= 15 is 0 Å². The number of aromatic nitrogens is 1. The predicted octanol–water partition coefficient (Wildman–Crippen LogP) is 4.67. The van der Waals surface area contributed by atoms with Crippen LogP contribution in [0.15, 0.2) is 22.0 Å². The lowest BCUT2D eigenvalue weighted by molar-refractivity contribution is -0.136. The van der Waals surface area contributed by atoms with Crippen LogP contribution in [0.3, 0.4) is 0 Å². The van der Waals surface area contributed by atoms with E-state index < -0.39 is 23.0 Å². The quantitative estimate of drug-likeness (QED) is 0.450. The molecule has 0 fully saturated rings. The van der Waals surface area contributed by atoms with Gasteiger partial charge in [0.05, 0.1) is 21.7 Å². The Morgan fingerprint density at radius 2 is 1.87 bits per heavy atom. The molecule has 126 valence electrons. The average molecular weight is 384 g/mol. The number of halogens is 4. The number of thioether (sulfide) groups is 1. The van der Waals surface area contributed by atoms with Gasteiger partial charge < -0.3 is 4.98 Å². The third-order valence-corrected chi connectivity index (χ3v) is 3.83. The largest absolute Gasteiger partial charge is 0.418 e. The molecule has 9 heteroatoms. The van der Waals surface area contributed by atoms with Gasteiger partial charge in [-0.1, -0.05) is 11.6 Å². The van der Waals surface area contributed by atoms with Crippen LogP contribution in [0.5, 0.6) is 0 Å². The van der Waals surface area contributed by atoms with E-state index in [-0.39, 0.29) is 26.5 Å². The highest BCUT2D eigenvalue weighted by Crippen LogP contribution is 2.36. The van der Waals surface area contributed by atoms with Crippen LogP contribution in [0.4, 0.5) is 13.2 Å². The van der Waals surface area contributed by atoms with Crippen LogP contribution in [0.25, 0.3) is 10.9 Å². The monoisotopic (exact) mass is 383 g/mol. The number of carbonyl (C=O) groups excluding carboxylic acids is 1. The first-order chi connectivity index (χ1) is 10.7. The molecule has 0 spiro atoms. The number of H-pyrrole nitrogens is 1. The highest BCUT2D eigenvalue weighted by atomic mass is 35.5. The van der Waals surface area contributed by atoms with Crippen LogP contribution in [-0.2, 0) is 6.18 Å². The molecule has 0 unspecified atom stereocenters. The molecule has 0 aliphatic rings. The fraction of sp³-hybridized carbons (Fsp3) is 0.286. The number of fused-ring (bicyclic) bond motifs is 1. The van der Waals surface area contributed by atoms with E-state index in [9.17, 15) is 22.8 Å². The Balaban J connectivity index is 0.00000127. The van der Waals surface area contributed by atoms with Crippen molar-refractivity contribution in [2.45, 2.75) is 18.1 Å². The molecule has 1 N–H and O–H groups in total. The minimum atomic E-state index is -4.67. The van der Waals surface area contributed by atoms with Crippen molar-refractivity contribution in [3.8, 4) is 0 Å². The molecule has 2 rings (SSSR count). The van der Waals surface area contributed by atoms with Gasteiger partial charge >= 0.3 is 6.18 Å². The van der Waals surface area contributed by atoms with E-state index in [0.717, 1.165) is 23.9 Å². The van der Waals surface area contributed by atoms with E-state index in [1.807, 2.05) is 0 Å². The molecule has 0 saturated heterocycles. The summed E-state index contributed by atoms with van der Waals surface area (Å²) in [7, 11) is 0. The summed E-state index contributed by atoms with van der Waals surface area (Å²) in [4.78, 5) is 26.4. The second kappa shape index (κ2) is 7.63. The fourth-order valence-electron chi connectivity index (χ4n) is 2.03. The van der Waals surface area contributed by atoms with E-state index in [1.165, 1.54) is 6.92 Å². The Bertz CT molecular complexity index is 803. The summed E-state index contributed by atoms with van der Waals surface area (Å²) < 4.78 is 39.2. The number of carbonyl (C=O) groups is 1. The Morgan fingerprint density at radius 1 is 1.30 bits per heavy atom. The van der Waals surface area contributed by atoms with Gasteiger partial charge in [-0.05, 0) is 31.6 Å². The van der Waals surface area contributed by atoms with Gasteiger partial charge in [0, 0.05) is 10.4 Å². The minimum absolute atomic E-state index is 0.104. The molecule has 1 heterocycles. The standard InChI is InChI=1S/C13H9ClF3NO2S.CH4S/c1-5(19)9-11(20)7-3-6(14)4-8(13(15,16)17)10(7)18-12(9)21-2;1-2/h3-4H,1-2H3,(H,18,20);2H,1H3. The SMILES string of the molecule is CS.CSc1[nH]c2c(C(F)(F)F)cc(Cl)cc2c(=O)c1C(C)=O. The van der Waals surface area contributed by atoms with Gasteiger partial charge in [-0.3, -0.25) is 9.59 Å². The smallest absolute Gasteiger partial charge is 0.348 e. The number of hydrogen-bond acceptors (Lipinski definition) is 4. The highest BCUT2D eigenvalue weighted by molar-refractivity contribution is 7.98. The van der Waals surface area contributed by atoms with Crippen LogP contribution in [0.2, 0.25) is 5.02 Å². The summed E-state index contributed by atoms with van der Waals surface area (Å²) in [6.45, 7) is 1.19. The summed E-state index contributed by atoms with van der Waals surface area (Å²) in [5.74, 6) is -0.518. The number of alkyl halides is 3. The van der Waals surface area contributed by atoms with Crippen molar-refractivity contribution in [3.63, 3.8) is 0 Å². The first-order valence-electron chi connectivity index (χ1n) is 6.13. The third-order valence-electron chi connectivity index (χ3n) is 2.90. The van der Waals surface area contributed by atoms with Gasteiger partial charge in [0.25, 0.3) is 0 Å². The first kappa shape index (κ1) is 19.9. The molecule has 0 amide bonds. The Kier molecular flexibility index (Phi) is 6.61.